The second-order valence-corrected chi connectivity index (χ2v) is 7.91. The number of hydrogen-bond acceptors (Lipinski definition) is 7. The van der Waals surface area contributed by atoms with E-state index in [1.165, 1.54) is 31.2 Å². The Morgan fingerprint density at radius 1 is 1.12 bits per heavy atom. The zero-order valence-corrected chi connectivity index (χ0v) is 18.6. The first-order valence-corrected chi connectivity index (χ1v) is 10.4. The third-order valence-electron chi connectivity index (χ3n) is 5.32. The van der Waals surface area contributed by atoms with Gasteiger partial charge in [-0.05, 0) is 36.5 Å². The molecule has 11 heteroatoms. The van der Waals surface area contributed by atoms with Crippen LogP contribution in [0.25, 0.3) is 0 Å². The van der Waals surface area contributed by atoms with Gasteiger partial charge in [-0.25, -0.2) is 9.97 Å². The van der Waals surface area contributed by atoms with Gasteiger partial charge in [0.15, 0.2) is 0 Å². The van der Waals surface area contributed by atoms with Crippen molar-refractivity contribution in [2.75, 3.05) is 24.3 Å². The van der Waals surface area contributed by atoms with Crippen LogP contribution in [0.4, 0.5) is 11.5 Å². The van der Waals surface area contributed by atoms with Crippen LogP contribution in [0.1, 0.15) is 48.7 Å². The summed E-state index contributed by atoms with van der Waals surface area (Å²) in [5.74, 6) is -1.94. The van der Waals surface area contributed by atoms with Gasteiger partial charge in [-0.1, -0.05) is 13.0 Å². The molecule has 2 unspecified atom stereocenters. The van der Waals surface area contributed by atoms with E-state index in [9.17, 15) is 19.2 Å². The lowest BCUT2D eigenvalue weighted by molar-refractivity contribution is -0.146. The number of methoxy groups -OCH3 is 1. The molecule has 11 nitrogen and oxygen atoms in total. The van der Waals surface area contributed by atoms with Gasteiger partial charge >= 0.3 is 11.8 Å². The summed E-state index contributed by atoms with van der Waals surface area (Å²) < 4.78 is 4.98. The maximum atomic E-state index is 13.1. The lowest BCUT2D eigenvalue weighted by Crippen LogP contribution is -2.46. The van der Waals surface area contributed by atoms with E-state index >= 15 is 0 Å². The summed E-state index contributed by atoms with van der Waals surface area (Å²) in [6.07, 6.45) is 4.42. The fraction of sp³-hybridized carbons (Fsp3) is 0.364. The van der Waals surface area contributed by atoms with Crippen molar-refractivity contribution in [3.8, 4) is 5.88 Å². The van der Waals surface area contributed by atoms with E-state index in [0.717, 1.165) is 12.0 Å². The highest BCUT2D eigenvalue weighted by Gasteiger charge is 2.34. The van der Waals surface area contributed by atoms with Gasteiger partial charge in [-0.3, -0.25) is 19.2 Å². The average Bonchev–Trinajstić information content (AvgIpc) is 2.78. The van der Waals surface area contributed by atoms with Gasteiger partial charge in [0.1, 0.15) is 11.4 Å². The zero-order valence-electron chi connectivity index (χ0n) is 18.6. The maximum absolute atomic E-state index is 13.1. The number of amides is 4. The Balaban J connectivity index is 1.79. The number of piperidine rings is 1. The molecular weight excluding hydrogens is 428 g/mol. The lowest BCUT2D eigenvalue weighted by atomic mass is 9.90. The highest BCUT2D eigenvalue weighted by atomic mass is 16.5. The predicted octanol–water partition coefficient (Wildman–Crippen LogP) is 1.48. The lowest BCUT2D eigenvalue weighted by Gasteiger charge is -2.38. The first kappa shape index (κ1) is 23.6. The molecule has 0 spiro atoms. The van der Waals surface area contributed by atoms with Crippen LogP contribution in [-0.4, -0.2) is 52.2 Å². The molecule has 0 aliphatic carbocycles. The molecule has 1 fully saturated rings. The minimum absolute atomic E-state index is 0.0162. The number of ether oxygens (including phenoxy) is 1. The van der Waals surface area contributed by atoms with Gasteiger partial charge in [0.2, 0.25) is 11.8 Å². The molecular formula is C22H26N6O5. The van der Waals surface area contributed by atoms with Crippen molar-refractivity contribution >= 4 is 35.1 Å². The fourth-order valence-electron chi connectivity index (χ4n) is 3.76. The predicted molar refractivity (Wildman–Crippen MR) is 119 cm³/mol. The number of nitrogens with one attached hydrogen (secondary N) is 2. The van der Waals surface area contributed by atoms with Crippen LogP contribution in [0, 0.1) is 5.92 Å². The van der Waals surface area contributed by atoms with Crippen molar-refractivity contribution in [3.63, 3.8) is 0 Å². The number of pyridine rings is 2. The first-order chi connectivity index (χ1) is 15.7. The van der Waals surface area contributed by atoms with Crippen molar-refractivity contribution in [3.05, 3.63) is 41.7 Å². The Hall–Kier alpha value is -4.02. The summed E-state index contributed by atoms with van der Waals surface area (Å²) in [7, 11) is 1.34. The van der Waals surface area contributed by atoms with Gasteiger partial charge < -0.3 is 26.0 Å². The molecule has 1 saturated heterocycles. The molecule has 0 aromatic carbocycles. The standard InChI is InChI=1S/C22H26N6O5/c1-12-4-6-17(14-5-7-18(24-9-14)26-13(2)29)28(11-12)22(32)20(31)27-15-8-16(19(23)30)21(33-3)25-10-15/h5,7-10,12,17H,4,6,11H2,1-3H3,(H2,23,30)(H,27,31)(H,24,26,29). The number of aromatic nitrogens is 2. The number of rotatable bonds is 5. The number of likely N-dealkylation sites (tertiary alicyclic amines) is 1. The highest BCUT2D eigenvalue weighted by molar-refractivity contribution is 6.39. The normalized spacial score (nSPS) is 17.7. The summed E-state index contributed by atoms with van der Waals surface area (Å²) in [6, 6.07) is 4.41. The monoisotopic (exact) mass is 454 g/mol. The number of hydrogen-bond donors (Lipinski definition) is 3. The number of carbonyl (C=O) groups excluding carboxylic acids is 4. The van der Waals surface area contributed by atoms with Crippen LogP contribution < -0.4 is 21.1 Å². The summed E-state index contributed by atoms with van der Waals surface area (Å²) >= 11 is 0. The Morgan fingerprint density at radius 3 is 2.48 bits per heavy atom. The van der Waals surface area contributed by atoms with Gasteiger partial charge in [-0.15, -0.1) is 0 Å². The minimum atomic E-state index is -0.862. The first-order valence-electron chi connectivity index (χ1n) is 10.4. The third kappa shape index (κ3) is 5.62. The molecule has 4 N–H and O–H groups in total. The largest absolute Gasteiger partial charge is 0.480 e. The molecule has 2 aromatic rings. The summed E-state index contributed by atoms with van der Waals surface area (Å²) in [5.41, 5.74) is 6.22. The van der Waals surface area contributed by atoms with Gasteiger partial charge in [0.25, 0.3) is 5.91 Å². The molecule has 0 bridgehead atoms. The van der Waals surface area contributed by atoms with E-state index < -0.39 is 17.7 Å². The third-order valence-corrected chi connectivity index (χ3v) is 5.32. The Morgan fingerprint density at radius 2 is 1.88 bits per heavy atom. The molecule has 4 amide bonds. The number of anilines is 2. The summed E-state index contributed by atoms with van der Waals surface area (Å²) in [4.78, 5) is 58.4. The Kier molecular flexibility index (Phi) is 7.21. The van der Waals surface area contributed by atoms with Crippen molar-refractivity contribution in [2.45, 2.75) is 32.7 Å². The average molecular weight is 454 g/mol. The molecule has 3 rings (SSSR count). The smallest absolute Gasteiger partial charge is 0.313 e. The van der Waals surface area contributed by atoms with Crippen LogP contribution in [0.3, 0.4) is 0 Å². The molecule has 0 saturated carbocycles. The van der Waals surface area contributed by atoms with Crippen molar-refractivity contribution in [1.82, 2.24) is 14.9 Å². The summed E-state index contributed by atoms with van der Waals surface area (Å²) in [6.45, 7) is 3.80. The second-order valence-electron chi connectivity index (χ2n) is 7.91. The molecule has 1 aliphatic rings. The van der Waals surface area contributed by atoms with E-state index in [2.05, 4.69) is 20.6 Å². The van der Waals surface area contributed by atoms with Crippen LogP contribution in [0.15, 0.2) is 30.6 Å². The van der Waals surface area contributed by atoms with E-state index in [-0.39, 0.29) is 35.0 Å². The molecule has 3 heterocycles. The van der Waals surface area contributed by atoms with E-state index in [1.807, 2.05) is 6.92 Å². The van der Waals surface area contributed by atoms with Crippen LogP contribution in [-0.2, 0) is 14.4 Å². The fourth-order valence-corrected chi connectivity index (χ4v) is 3.76. The number of nitrogens with zero attached hydrogens (tertiary/aromatic N) is 3. The molecule has 0 radical (unpaired) electrons. The van der Waals surface area contributed by atoms with E-state index in [1.54, 1.807) is 18.3 Å². The zero-order chi connectivity index (χ0) is 24.1. The minimum Gasteiger partial charge on any atom is -0.480 e. The van der Waals surface area contributed by atoms with Gasteiger partial charge in [0, 0.05) is 19.7 Å². The molecule has 2 atom stereocenters. The molecule has 1 aliphatic heterocycles. The topological polar surface area (TPSA) is 157 Å². The Bertz CT molecular complexity index is 1070. The van der Waals surface area contributed by atoms with Crippen molar-refractivity contribution in [1.29, 1.82) is 0 Å². The van der Waals surface area contributed by atoms with Crippen LogP contribution in [0.2, 0.25) is 0 Å². The molecule has 2 aromatic heterocycles. The van der Waals surface area contributed by atoms with Gasteiger partial charge in [0.05, 0.1) is 25.0 Å². The maximum Gasteiger partial charge on any atom is 0.313 e. The van der Waals surface area contributed by atoms with Crippen LogP contribution >= 0.6 is 0 Å². The number of carbonyl (C=O) groups is 4. The van der Waals surface area contributed by atoms with Crippen molar-refractivity contribution < 1.29 is 23.9 Å². The Labute approximate surface area is 190 Å². The van der Waals surface area contributed by atoms with Crippen molar-refractivity contribution in [2.24, 2.45) is 11.7 Å². The summed E-state index contributed by atoms with van der Waals surface area (Å²) in [5, 5.41) is 5.08. The molecule has 33 heavy (non-hydrogen) atoms. The second kappa shape index (κ2) is 10.1. The van der Waals surface area contributed by atoms with E-state index in [4.69, 9.17) is 10.5 Å². The van der Waals surface area contributed by atoms with Crippen LogP contribution in [0.5, 0.6) is 5.88 Å². The molecule has 174 valence electrons. The van der Waals surface area contributed by atoms with Gasteiger partial charge in [-0.2, -0.15) is 0 Å². The van der Waals surface area contributed by atoms with E-state index in [0.29, 0.717) is 18.8 Å². The number of primary amides is 1. The quantitative estimate of drug-likeness (QED) is 0.578. The SMILES string of the molecule is COc1ncc(NC(=O)C(=O)N2CC(C)CCC2c2ccc(NC(C)=O)nc2)cc1C(N)=O. The number of nitrogens with two attached hydrogens (primary N) is 1. The highest BCUT2D eigenvalue weighted by Crippen LogP contribution is 2.33.